The molecule has 1 aromatic heterocycles. The van der Waals surface area contributed by atoms with E-state index in [0.29, 0.717) is 5.88 Å². The van der Waals surface area contributed by atoms with Crippen molar-refractivity contribution in [2.45, 2.75) is 32.3 Å². The van der Waals surface area contributed by atoms with Gasteiger partial charge in [-0.3, -0.25) is 4.98 Å². The van der Waals surface area contributed by atoms with Gasteiger partial charge in [-0.25, -0.2) is 4.98 Å². The lowest BCUT2D eigenvalue weighted by Crippen LogP contribution is -2.39. The lowest BCUT2D eigenvalue weighted by atomic mass is 10.1. The molecule has 0 amide bonds. The Labute approximate surface area is 132 Å². The van der Waals surface area contributed by atoms with Gasteiger partial charge in [0.25, 0.3) is 0 Å². The third-order valence-electron chi connectivity index (χ3n) is 4.11. The molecule has 22 heavy (non-hydrogen) atoms. The molecule has 0 atom stereocenters. The van der Waals surface area contributed by atoms with Crippen LogP contribution in [-0.2, 0) is 6.42 Å². The molecule has 2 heterocycles. The number of aromatic nitrogens is 2. The lowest BCUT2D eigenvalue weighted by Gasteiger charge is -2.31. The van der Waals surface area contributed by atoms with E-state index in [-0.39, 0.29) is 6.10 Å². The van der Waals surface area contributed by atoms with Crippen LogP contribution in [-0.4, -0.2) is 40.6 Å². The number of hydrogen-bond donors (Lipinski definition) is 0. The fourth-order valence-electron chi connectivity index (χ4n) is 2.85. The van der Waals surface area contributed by atoms with Gasteiger partial charge in [-0.2, -0.15) is 0 Å². The minimum Gasteiger partial charge on any atom is -0.473 e. The van der Waals surface area contributed by atoms with E-state index in [1.165, 1.54) is 5.56 Å². The largest absolute Gasteiger partial charge is 0.473 e. The summed E-state index contributed by atoms with van der Waals surface area (Å²) in [7, 11) is 0. The molecule has 0 unspecified atom stereocenters. The minimum absolute atomic E-state index is 0.268. The summed E-state index contributed by atoms with van der Waals surface area (Å²) in [5.41, 5.74) is 2.31. The van der Waals surface area contributed by atoms with Gasteiger partial charge < -0.3 is 9.64 Å². The van der Waals surface area contributed by atoms with E-state index in [1.807, 2.05) is 6.92 Å². The number of ether oxygens (including phenoxy) is 1. The molecule has 0 radical (unpaired) electrons. The van der Waals surface area contributed by atoms with Crippen LogP contribution in [0.4, 0.5) is 0 Å². The zero-order valence-corrected chi connectivity index (χ0v) is 13.1. The maximum atomic E-state index is 5.95. The van der Waals surface area contributed by atoms with Crippen molar-refractivity contribution in [1.82, 2.24) is 14.9 Å². The first kappa shape index (κ1) is 15.0. The van der Waals surface area contributed by atoms with Gasteiger partial charge in [0, 0.05) is 25.8 Å². The highest BCUT2D eigenvalue weighted by molar-refractivity contribution is 5.15. The molecule has 0 N–H and O–H groups in total. The summed E-state index contributed by atoms with van der Waals surface area (Å²) in [5, 5.41) is 0. The highest BCUT2D eigenvalue weighted by atomic mass is 16.5. The van der Waals surface area contributed by atoms with Crippen molar-refractivity contribution in [3.8, 4) is 5.88 Å². The molecule has 0 saturated carbocycles. The van der Waals surface area contributed by atoms with E-state index >= 15 is 0 Å². The van der Waals surface area contributed by atoms with Crippen molar-refractivity contribution in [1.29, 1.82) is 0 Å². The molecule has 1 saturated heterocycles. The first-order valence-electron chi connectivity index (χ1n) is 8.01. The summed E-state index contributed by atoms with van der Waals surface area (Å²) in [6.07, 6.45) is 6.96. The van der Waals surface area contributed by atoms with Gasteiger partial charge in [0.15, 0.2) is 0 Å². The number of nitrogens with zero attached hydrogens (tertiary/aromatic N) is 3. The van der Waals surface area contributed by atoms with Crippen molar-refractivity contribution >= 4 is 0 Å². The number of likely N-dealkylation sites (tertiary alicyclic amines) is 1. The van der Waals surface area contributed by atoms with Gasteiger partial charge >= 0.3 is 0 Å². The number of hydrogen-bond acceptors (Lipinski definition) is 4. The minimum atomic E-state index is 0.268. The molecule has 1 aromatic carbocycles. The van der Waals surface area contributed by atoms with E-state index in [1.54, 1.807) is 12.4 Å². The topological polar surface area (TPSA) is 38.2 Å². The Morgan fingerprint density at radius 1 is 1.14 bits per heavy atom. The molecule has 1 aliphatic rings. The van der Waals surface area contributed by atoms with Crippen LogP contribution in [0.25, 0.3) is 0 Å². The Balaban J connectivity index is 1.42. The van der Waals surface area contributed by atoms with Crippen molar-refractivity contribution < 1.29 is 4.74 Å². The van der Waals surface area contributed by atoms with Gasteiger partial charge in [0.2, 0.25) is 5.88 Å². The third-order valence-corrected chi connectivity index (χ3v) is 4.11. The maximum Gasteiger partial charge on any atom is 0.232 e. The van der Waals surface area contributed by atoms with Gasteiger partial charge in [0.05, 0.1) is 11.9 Å². The van der Waals surface area contributed by atoms with Gasteiger partial charge in [-0.15, -0.1) is 0 Å². The van der Waals surface area contributed by atoms with Crippen LogP contribution in [0, 0.1) is 6.92 Å². The van der Waals surface area contributed by atoms with Crippen LogP contribution in [0.3, 0.4) is 0 Å². The van der Waals surface area contributed by atoms with E-state index in [4.69, 9.17) is 4.74 Å². The second-order valence-electron chi connectivity index (χ2n) is 5.89. The van der Waals surface area contributed by atoms with Gasteiger partial charge in [-0.1, -0.05) is 30.3 Å². The zero-order chi connectivity index (χ0) is 15.2. The number of rotatable bonds is 5. The van der Waals surface area contributed by atoms with Crippen molar-refractivity contribution in [2.24, 2.45) is 0 Å². The summed E-state index contributed by atoms with van der Waals surface area (Å²) in [6, 6.07) is 10.7. The fourth-order valence-corrected chi connectivity index (χ4v) is 2.85. The number of aryl methyl sites for hydroxylation is 1. The number of benzene rings is 1. The SMILES string of the molecule is Cc1cncc(OC2CCN(CCc3ccccc3)CC2)n1. The summed E-state index contributed by atoms with van der Waals surface area (Å²) in [6.45, 7) is 5.25. The lowest BCUT2D eigenvalue weighted by molar-refractivity contribution is 0.0970. The predicted molar refractivity (Wildman–Crippen MR) is 87.0 cm³/mol. The van der Waals surface area contributed by atoms with E-state index in [0.717, 1.165) is 44.6 Å². The molecule has 0 spiro atoms. The Bertz CT molecular complexity index is 580. The van der Waals surface area contributed by atoms with Crippen LogP contribution in [0.5, 0.6) is 5.88 Å². The summed E-state index contributed by atoms with van der Waals surface area (Å²) < 4.78 is 5.95. The van der Waals surface area contributed by atoms with E-state index in [2.05, 4.69) is 45.2 Å². The average molecular weight is 297 g/mol. The van der Waals surface area contributed by atoms with Crippen molar-refractivity contribution in [2.75, 3.05) is 19.6 Å². The molecule has 0 aliphatic carbocycles. The summed E-state index contributed by atoms with van der Waals surface area (Å²) >= 11 is 0. The Hall–Kier alpha value is -1.94. The molecule has 4 nitrogen and oxygen atoms in total. The van der Waals surface area contributed by atoms with Crippen molar-refractivity contribution in [3.63, 3.8) is 0 Å². The molecular weight excluding hydrogens is 274 g/mol. The second-order valence-corrected chi connectivity index (χ2v) is 5.89. The maximum absolute atomic E-state index is 5.95. The third kappa shape index (κ3) is 4.28. The Morgan fingerprint density at radius 3 is 2.64 bits per heavy atom. The molecule has 4 heteroatoms. The quantitative estimate of drug-likeness (QED) is 0.850. The van der Waals surface area contributed by atoms with Crippen LogP contribution < -0.4 is 4.74 Å². The van der Waals surface area contributed by atoms with Crippen LogP contribution in [0.1, 0.15) is 24.1 Å². The summed E-state index contributed by atoms with van der Waals surface area (Å²) in [5.74, 6) is 0.655. The molecule has 0 bridgehead atoms. The standard InChI is InChI=1S/C18H23N3O/c1-15-13-19-14-18(20-15)22-17-8-11-21(12-9-17)10-7-16-5-3-2-4-6-16/h2-6,13-14,17H,7-12H2,1H3. The van der Waals surface area contributed by atoms with Gasteiger partial charge in [0.1, 0.15) is 6.10 Å². The highest BCUT2D eigenvalue weighted by Crippen LogP contribution is 2.17. The van der Waals surface area contributed by atoms with Crippen LogP contribution >= 0.6 is 0 Å². The molecule has 116 valence electrons. The van der Waals surface area contributed by atoms with E-state index < -0.39 is 0 Å². The smallest absolute Gasteiger partial charge is 0.232 e. The van der Waals surface area contributed by atoms with Gasteiger partial charge in [-0.05, 0) is 31.7 Å². The Morgan fingerprint density at radius 2 is 1.91 bits per heavy atom. The van der Waals surface area contributed by atoms with Crippen LogP contribution in [0.2, 0.25) is 0 Å². The van der Waals surface area contributed by atoms with Crippen LogP contribution in [0.15, 0.2) is 42.7 Å². The molecule has 1 aliphatic heterocycles. The molecular formula is C18H23N3O. The molecule has 1 fully saturated rings. The Kier molecular flexibility index (Phi) is 5.01. The monoisotopic (exact) mass is 297 g/mol. The first-order chi connectivity index (χ1) is 10.8. The normalized spacial score (nSPS) is 16.6. The van der Waals surface area contributed by atoms with Crippen molar-refractivity contribution in [3.05, 3.63) is 54.0 Å². The molecule has 2 aromatic rings. The number of piperidine rings is 1. The fraction of sp³-hybridized carbons (Fsp3) is 0.444. The second kappa shape index (κ2) is 7.36. The predicted octanol–water partition coefficient (Wildman–Crippen LogP) is 2.87. The first-order valence-corrected chi connectivity index (χ1v) is 8.01. The summed E-state index contributed by atoms with van der Waals surface area (Å²) in [4.78, 5) is 11.0. The zero-order valence-electron chi connectivity index (χ0n) is 13.1. The van der Waals surface area contributed by atoms with E-state index in [9.17, 15) is 0 Å². The average Bonchev–Trinajstić information content (AvgIpc) is 2.55. The molecule has 3 rings (SSSR count). The highest BCUT2D eigenvalue weighted by Gasteiger charge is 2.20.